The molecule has 90 valence electrons. The lowest BCUT2D eigenvalue weighted by Crippen LogP contribution is -2.21. The van der Waals surface area contributed by atoms with Crippen molar-refractivity contribution in [2.45, 2.75) is 39.2 Å². The molecule has 0 amide bonds. The second-order valence-electron chi connectivity index (χ2n) is 3.56. The minimum atomic E-state index is -0.349. The number of aryl methyl sites for hydroxylation is 1. The van der Waals surface area contributed by atoms with Gasteiger partial charge in [0.1, 0.15) is 6.33 Å². The summed E-state index contributed by atoms with van der Waals surface area (Å²) < 4.78 is 13.8. The molecule has 0 fully saturated rings. The van der Waals surface area contributed by atoms with E-state index in [-0.39, 0.29) is 17.7 Å². The van der Waals surface area contributed by atoms with Crippen LogP contribution in [-0.2, 0) is 6.42 Å². The first kappa shape index (κ1) is 13.2. The molecule has 1 aromatic rings. The van der Waals surface area contributed by atoms with Crippen LogP contribution in [0.3, 0.4) is 0 Å². The fourth-order valence-corrected chi connectivity index (χ4v) is 1.72. The molecule has 1 unspecified atom stereocenters. The van der Waals surface area contributed by atoms with Crippen molar-refractivity contribution >= 4 is 17.4 Å². The molecule has 16 heavy (non-hydrogen) atoms. The zero-order valence-corrected chi connectivity index (χ0v) is 10.4. The highest BCUT2D eigenvalue weighted by atomic mass is 35.5. The fourth-order valence-electron chi connectivity index (χ4n) is 1.46. The minimum Gasteiger partial charge on any atom is -0.365 e. The van der Waals surface area contributed by atoms with Crippen molar-refractivity contribution in [2.75, 3.05) is 11.2 Å². The van der Waals surface area contributed by atoms with E-state index in [0.29, 0.717) is 18.0 Å². The molecule has 0 saturated heterocycles. The molecule has 0 spiro atoms. The topological polar surface area (TPSA) is 37.8 Å². The van der Waals surface area contributed by atoms with Crippen LogP contribution in [0.5, 0.6) is 0 Å². The van der Waals surface area contributed by atoms with Crippen molar-refractivity contribution in [3.05, 3.63) is 17.8 Å². The maximum absolute atomic E-state index is 13.8. The summed E-state index contributed by atoms with van der Waals surface area (Å²) in [6.07, 6.45) is 3.63. The van der Waals surface area contributed by atoms with Crippen molar-refractivity contribution in [1.29, 1.82) is 0 Å². The van der Waals surface area contributed by atoms with E-state index in [1.165, 1.54) is 6.33 Å². The van der Waals surface area contributed by atoms with E-state index >= 15 is 0 Å². The number of nitrogens with one attached hydrogen (secondary N) is 1. The Bertz CT molecular complexity index is 333. The standard InChI is InChI=1S/C11H17ClFN3/c1-3-8(5-6-12)16-11-10(13)9(4-2)14-7-15-11/h7-8H,3-6H2,1-2H3,(H,14,15,16). The number of halogens is 2. The molecule has 0 bridgehead atoms. The fraction of sp³-hybridized carbons (Fsp3) is 0.636. The summed E-state index contributed by atoms with van der Waals surface area (Å²) >= 11 is 5.67. The number of hydrogen-bond donors (Lipinski definition) is 1. The second-order valence-corrected chi connectivity index (χ2v) is 3.94. The molecule has 0 aromatic carbocycles. The maximum atomic E-state index is 13.8. The van der Waals surface area contributed by atoms with E-state index in [9.17, 15) is 4.39 Å². The third-order valence-corrected chi connectivity index (χ3v) is 2.71. The van der Waals surface area contributed by atoms with E-state index in [1.807, 2.05) is 13.8 Å². The molecule has 5 heteroatoms. The minimum absolute atomic E-state index is 0.159. The van der Waals surface area contributed by atoms with Gasteiger partial charge in [-0.3, -0.25) is 0 Å². The Morgan fingerprint density at radius 1 is 1.44 bits per heavy atom. The molecule has 0 aliphatic carbocycles. The Kier molecular flexibility index (Phi) is 5.46. The predicted octanol–water partition coefficient (Wildman–Crippen LogP) is 3.00. The Hall–Kier alpha value is -0.900. The zero-order chi connectivity index (χ0) is 12.0. The van der Waals surface area contributed by atoms with Crippen LogP contribution in [0.2, 0.25) is 0 Å². The first-order chi connectivity index (χ1) is 7.72. The van der Waals surface area contributed by atoms with Gasteiger partial charge in [-0.1, -0.05) is 13.8 Å². The largest absolute Gasteiger partial charge is 0.365 e. The van der Waals surface area contributed by atoms with E-state index in [0.717, 1.165) is 12.8 Å². The van der Waals surface area contributed by atoms with E-state index < -0.39 is 0 Å². The highest BCUT2D eigenvalue weighted by Crippen LogP contribution is 2.16. The van der Waals surface area contributed by atoms with E-state index in [4.69, 9.17) is 11.6 Å². The van der Waals surface area contributed by atoms with Gasteiger partial charge < -0.3 is 5.32 Å². The third kappa shape index (κ3) is 3.30. The van der Waals surface area contributed by atoms with Crippen molar-refractivity contribution in [3.8, 4) is 0 Å². The molecule has 0 saturated carbocycles. The van der Waals surface area contributed by atoms with Gasteiger partial charge in [-0.15, -0.1) is 11.6 Å². The van der Waals surface area contributed by atoms with Crippen LogP contribution in [0.15, 0.2) is 6.33 Å². The van der Waals surface area contributed by atoms with Gasteiger partial charge in [-0.05, 0) is 19.3 Å². The number of aromatic nitrogens is 2. The summed E-state index contributed by atoms with van der Waals surface area (Å²) in [6, 6.07) is 0.159. The molecule has 1 rings (SSSR count). The molecular weight excluding hydrogens is 229 g/mol. The van der Waals surface area contributed by atoms with Crippen LogP contribution in [0.25, 0.3) is 0 Å². The number of hydrogen-bond acceptors (Lipinski definition) is 3. The van der Waals surface area contributed by atoms with Gasteiger partial charge in [0.05, 0.1) is 5.69 Å². The molecule has 0 aliphatic rings. The highest BCUT2D eigenvalue weighted by molar-refractivity contribution is 6.17. The molecule has 3 nitrogen and oxygen atoms in total. The van der Waals surface area contributed by atoms with Crippen LogP contribution >= 0.6 is 11.6 Å². The summed E-state index contributed by atoms with van der Waals surface area (Å²) in [5.74, 6) is 0.487. The lowest BCUT2D eigenvalue weighted by molar-refractivity contribution is 0.586. The normalized spacial score (nSPS) is 12.5. The summed E-state index contributed by atoms with van der Waals surface area (Å²) in [7, 11) is 0. The smallest absolute Gasteiger partial charge is 0.186 e. The van der Waals surface area contributed by atoms with Gasteiger partial charge in [-0.2, -0.15) is 0 Å². The van der Waals surface area contributed by atoms with Crippen molar-refractivity contribution in [1.82, 2.24) is 9.97 Å². The van der Waals surface area contributed by atoms with Gasteiger partial charge >= 0.3 is 0 Å². The Labute approximate surface area is 100 Å². The Balaban J connectivity index is 2.79. The molecule has 1 N–H and O–H groups in total. The van der Waals surface area contributed by atoms with Crippen molar-refractivity contribution in [3.63, 3.8) is 0 Å². The molecule has 1 atom stereocenters. The van der Waals surface area contributed by atoms with Gasteiger partial charge in [0, 0.05) is 11.9 Å². The number of anilines is 1. The van der Waals surface area contributed by atoms with Crippen LogP contribution in [-0.4, -0.2) is 21.9 Å². The SMILES string of the molecule is CCc1ncnc(NC(CC)CCCl)c1F. The quantitative estimate of drug-likeness (QED) is 0.783. The number of rotatable bonds is 6. The molecule has 1 aromatic heterocycles. The Morgan fingerprint density at radius 2 is 2.19 bits per heavy atom. The summed E-state index contributed by atoms with van der Waals surface area (Å²) in [4.78, 5) is 7.80. The van der Waals surface area contributed by atoms with Gasteiger partial charge in [-0.25, -0.2) is 14.4 Å². The summed E-state index contributed by atoms with van der Waals surface area (Å²) in [5.41, 5.74) is 0.443. The van der Waals surface area contributed by atoms with Crippen molar-refractivity contribution in [2.24, 2.45) is 0 Å². The maximum Gasteiger partial charge on any atom is 0.186 e. The predicted molar refractivity (Wildman–Crippen MR) is 64.4 cm³/mol. The zero-order valence-electron chi connectivity index (χ0n) is 9.63. The average molecular weight is 246 g/mol. The van der Waals surface area contributed by atoms with Crippen LogP contribution in [0.1, 0.15) is 32.4 Å². The van der Waals surface area contributed by atoms with Gasteiger partial charge in [0.15, 0.2) is 11.6 Å². The second kappa shape index (κ2) is 6.63. The van der Waals surface area contributed by atoms with Crippen LogP contribution in [0, 0.1) is 5.82 Å². The third-order valence-electron chi connectivity index (χ3n) is 2.49. The van der Waals surface area contributed by atoms with Crippen molar-refractivity contribution < 1.29 is 4.39 Å². The average Bonchev–Trinajstić information content (AvgIpc) is 2.31. The number of nitrogens with zero attached hydrogens (tertiary/aromatic N) is 2. The first-order valence-corrected chi connectivity index (χ1v) is 6.08. The van der Waals surface area contributed by atoms with E-state index in [1.54, 1.807) is 0 Å². The Morgan fingerprint density at radius 3 is 2.75 bits per heavy atom. The monoisotopic (exact) mass is 245 g/mol. The molecule has 0 aliphatic heterocycles. The first-order valence-electron chi connectivity index (χ1n) is 5.54. The van der Waals surface area contributed by atoms with Crippen LogP contribution in [0.4, 0.5) is 10.2 Å². The summed E-state index contributed by atoms with van der Waals surface area (Å²) in [5, 5.41) is 3.06. The lowest BCUT2D eigenvalue weighted by Gasteiger charge is -2.17. The molecular formula is C11H17ClFN3. The molecule has 0 radical (unpaired) electrons. The highest BCUT2D eigenvalue weighted by Gasteiger charge is 2.13. The van der Waals surface area contributed by atoms with Gasteiger partial charge in [0.2, 0.25) is 0 Å². The van der Waals surface area contributed by atoms with Gasteiger partial charge in [0.25, 0.3) is 0 Å². The van der Waals surface area contributed by atoms with E-state index in [2.05, 4.69) is 15.3 Å². The molecule has 1 heterocycles. The number of alkyl halides is 1. The van der Waals surface area contributed by atoms with Crippen LogP contribution < -0.4 is 5.32 Å². The lowest BCUT2D eigenvalue weighted by atomic mass is 10.1. The summed E-state index contributed by atoms with van der Waals surface area (Å²) in [6.45, 7) is 3.90.